The molecule has 1 heterocycles. The predicted molar refractivity (Wildman–Crippen MR) is 136 cm³/mol. The van der Waals surface area contributed by atoms with E-state index in [9.17, 15) is 4.79 Å². The molecule has 0 fully saturated rings. The first kappa shape index (κ1) is 24.4. The molecule has 0 radical (unpaired) electrons. The first-order valence-corrected chi connectivity index (χ1v) is 11.6. The molecule has 0 saturated heterocycles. The van der Waals surface area contributed by atoms with E-state index < -0.39 is 5.82 Å². The van der Waals surface area contributed by atoms with Gasteiger partial charge in [-0.15, -0.1) is 0 Å². The van der Waals surface area contributed by atoms with E-state index in [0.29, 0.717) is 5.69 Å². The zero-order valence-corrected chi connectivity index (χ0v) is 20.2. The number of benzene rings is 3. The molecule has 6 nitrogen and oxygen atoms in total. The third-order valence-corrected chi connectivity index (χ3v) is 5.75. The highest BCUT2D eigenvalue weighted by Gasteiger charge is 2.17. The quantitative estimate of drug-likeness (QED) is 0.237. The molecule has 178 valence electrons. The predicted octanol–water partition coefficient (Wildman–Crippen LogP) is 7.03. The second kappa shape index (κ2) is 10.7. The van der Waals surface area contributed by atoms with Gasteiger partial charge in [0.2, 0.25) is 0 Å². The van der Waals surface area contributed by atoms with Crippen LogP contribution in [-0.4, -0.2) is 17.4 Å². The maximum Gasteiger partial charge on any atom is 0.267 e. The Morgan fingerprint density at radius 1 is 1.14 bits per heavy atom. The maximum absolute atomic E-state index is 15.2. The number of carbonyl (C=O) groups excluding carboxylic acids is 1. The molecule has 0 saturated carbocycles. The number of fused-ring (bicyclic) bond motifs is 1. The molecule has 35 heavy (non-hydrogen) atoms. The third kappa shape index (κ3) is 5.68. The van der Waals surface area contributed by atoms with Gasteiger partial charge in [-0.25, -0.2) is 4.39 Å². The minimum Gasteiger partial charge on any atom is -0.453 e. The van der Waals surface area contributed by atoms with Crippen molar-refractivity contribution in [3.63, 3.8) is 0 Å². The van der Waals surface area contributed by atoms with Crippen LogP contribution in [0, 0.1) is 17.1 Å². The molecule has 0 spiro atoms. The lowest BCUT2D eigenvalue weighted by molar-refractivity contribution is 0.0946. The molecule has 0 bridgehead atoms. The number of rotatable bonds is 8. The van der Waals surface area contributed by atoms with Crippen molar-refractivity contribution >= 4 is 45.7 Å². The van der Waals surface area contributed by atoms with E-state index >= 15 is 4.39 Å². The number of ether oxygens (including phenoxy) is 1. The number of H-pyrrole nitrogens is 1. The Balaban J connectivity index is 1.49. The lowest BCUT2D eigenvalue weighted by Crippen LogP contribution is -2.23. The molecule has 3 aromatic carbocycles. The molecule has 0 aliphatic heterocycles. The number of anilines is 1. The number of aromatic nitrogens is 1. The van der Waals surface area contributed by atoms with E-state index in [1.807, 2.05) is 24.3 Å². The van der Waals surface area contributed by atoms with E-state index in [0.717, 1.165) is 29.6 Å². The Morgan fingerprint density at radius 3 is 2.74 bits per heavy atom. The number of carbonyl (C=O) groups is 1. The van der Waals surface area contributed by atoms with Crippen molar-refractivity contribution in [2.45, 2.75) is 19.9 Å². The zero-order chi connectivity index (χ0) is 24.9. The fraction of sp³-hybridized carbons (Fsp3) is 0.154. The third-order valence-electron chi connectivity index (χ3n) is 5.23. The van der Waals surface area contributed by atoms with Crippen LogP contribution in [0.25, 0.3) is 10.9 Å². The minimum absolute atomic E-state index is 0.0409. The maximum atomic E-state index is 15.2. The monoisotopic (exact) mass is 510 g/mol. The van der Waals surface area contributed by atoms with Crippen LogP contribution < -0.4 is 15.4 Å². The highest BCUT2D eigenvalue weighted by atomic mass is 35.5. The molecule has 0 aliphatic rings. The molecule has 0 aliphatic carbocycles. The number of nitrogens with one attached hydrogen (secondary N) is 3. The first-order chi connectivity index (χ1) is 16.9. The summed E-state index contributed by atoms with van der Waals surface area (Å²) in [4.78, 5) is 15.8. The van der Waals surface area contributed by atoms with Gasteiger partial charge in [0, 0.05) is 40.3 Å². The van der Waals surface area contributed by atoms with Gasteiger partial charge in [-0.2, -0.15) is 5.26 Å². The second-order valence-electron chi connectivity index (χ2n) is 7.83. The normalized spacial score (nSPS) is 10.7. The fourth-order valence-corrected chi connectivity index (χ4v) is 3.92. The summed E-state index contributed by atoms with van der Waals surface area (Å²) in [6.07, 6.45) is 1.01. The van der Waals surface area contributed by atoms with Gasteiger partial charge in [-0.3, -0.25) is 4.79 Å². The van der Waals surface area contributed by atoms with E-state index in [-0.39, 0.29) is 45.1 Å². The summed E-state index contributed by atoms with van der Waals surface area (Å²) in [6.45, 7) is 2.86. The zero-order valence-electron chi connectivity index (χ0n) is 18.7. The van der Waals surface area contributed by atoms with E-state index in [4.69, 9.17) is 33.2 Å². The van der Waals surface area contributed by atoms with Crippen LogP contribution in [-0.2, 0) is 6.54 Å². The SMILES string of the molecule is CCCNc1ccc2[nH]c(C(=O)NCc3ccc(Cl)c(Oc4cc(Cl)cc(C#N)c4)c3F)cc2c1. The largest absolute Gasteiger partial charge is 0.453 e. The van der Waals surface area contributed by atoms with Crippen LogP contribution in [0.3, 0.4) is 0 Å². The summed E-state index contributed by atoms with van der Waals surface area (Å²) in [5, 5.41) is 16.3. The average molecular weight is 511 g/mol. The number of hydrogen-bond donors (Lipinski definition) is 3. The van der Waals surface area contributed by atoms with Gasteiger partial charge >= 0.3 is 0 Å². The molecule has 9 heteroatoms. The Hall–Kier alpha value is -3.73. The number of nitriles is 1. The highest BCUT2D eigenvalue weighted by Crippen LogP contribution is 2.35. The summed E-state index contributed by atoms with van der Waals surface area (Å²) in [5.74, 6) is -1.15. The average Bonchev–Trinajstić information content (AvgIpc) is 3.28. The molecule has 1 amide bonds. The van der Waals surface area contributed by atoms with Crippen molar-refractivity contribution < 1.29 is 13.9 Å². The number of hydrogen-bond acceptors (Lipinski definition) is 4. The molecule has 0 atom stereocenters. The molecule has 3 N–H and O–H groups in total. The molecule has 1 aromatic heterocycles. The van der Waals surface area contributed by atoms with Gasteiger partial charge in [0.15, 0.2) is 11.6 Å². The van der Waals surface area contributed by atoms with Crippen molar-refractivity contribution in [3.8, 4) is 17.6 Å². The molecule has 0 unspecified atom stereocenters. The topological polar surface area (TPSA) is 89.9 Å². The summed E-state index contributed by atoms with van der Waals surface area (Å²) < 4.78 is 20.8. The van der Waals surface area contributed by atoms with Crippen LogP contribution in [0.5, 0.6) is 11.5 Å². The van der Waals surface area contributed by atoms with Gasteiger partial charge in [0.25, 0.3) is 5.91 Å². The Morgan fingerprint density at radius 2 is 1.97 bits per heavy atom. The number of amides is 1. The first-order valence-electron chi connectivity index (χ1n) is 10.9. The van der Waals surface area contributed by atoms with Crippen LogP contribution in [0.2, 0.25) is 10.0 Å². The Kier molecular flexibility index (Phi) is 7.45. The van der Waals surface area contributed by atoms with Crippen molar-refractivity contribution in [1.29, 1.82) is 5.26 Å². The standard InChI is InChI=1S/C26H21Cl2FN4O2/c1-2-7-31-19-4-6-22-17(10-19)11-23(33-22)26(34)32-14-16-3-5-21(28)25(24(16)29)35-20-9-15(13-30)8-18(27)12-20/h3-6,8-12,31,33H,2,7,14H2,1H3,(H,32,34). The minimum atomic E-state index is -0.723. The molecule has 4 aromatic rings. The van der Waals surface area contributed by atoms with Crippen LogP contribution >= 0.6 is 23.2 Å². The number of nitrogens with zero attached hydrogens (tertiary/aromatic N) is 1. The van der Waals surface area contributed by atoms with Crippen LogP contribution in [0.1, 0.15) is 35.0 Å². The lowest BCUT2D eigenvalue weighted by Gasteiger charge is -2.13. The van der Waals surface area contributed by atoms with Gasteiger partial charge in [0.1, 0.15) is 11.4 Å². The van der Waals surface area contributed by atoms with Gasteiger partial charge in [-0.05, 0) is 55.0 Å². The summed E-state index contributed by atoms with van der Waals surface area (Å²) in [5.41, 5.74) is 2.61. The molecule has 4 rings (SSSR count). The molecular weight excluding hydrogens is 490 g/mol. The van der Waals surface area contributed by atoms with E-state index in [1.165, 1.54) is 30.3 Å². The summed E-state index contributed by atoms with van der Waals surface area (Å²) in [6, 6.07) is 16.8. The van der Waals surface area contributed by atoms with Gasteiger partial charge in [0.05, 0.1) is 16.7 Å². The van der Waals surface area contributed by atoms with Gasteiger partial charge < -0.3 is 20.4 Å². The van der Waals surface area contributed by atoms with Crippen molar-refractivity contribution in [2.24, 2.45) is 0 Å². The number of aromatic amines is 1. The fourth-order valence-electron chi connectivity index (χ4n) is 3.51. The smallest absolute Gasteiger partial charge is 0.267 e. The van der Waals surface area contributed by atoms with E-state index in [2.05, 4.69) is 22.5 Å². The van der Waals surface area contributed by atoms with E-state index in [1.54, 1.807) is 6.07 Å². The van der Waals surface area contributed by atoms with Crippen molar-refractivity contribution in [1.82, 2.24) is 10.3 Å². The molecular formula is C26H21Cl2FN4O2. The van der Waals surface area contributed by atoms with Crippen molar-refractivity contribution in [3.05, 3.63) is 87.3 Å². The summed E-state index contributed by atoms with van der Waals surface area (Å²) >= 11 is 12.1. The van der Waals surface area contributed by atoms with Gasteiger partial charge in [-0.1, -0.05) is 36.2 Å². The summed E-state index contributed by atoms with van der Waals surface area (Å²) in [7, 11) is 0. The van der Waals surface area contributed by atoms with Crippen LogP contribution in [0.15, 0.2) is 54.6 Å². The lowest BCUT2D eigenvalue weighted by atomic mass is 10.2. The Labute approximate surface area is 211 Å². The van der Waals surface area contributed by atoms with Crippen molar-refractivity contribution in [2.75, 3.05) is 11.9 Å². The highest BCUT2D eigenvalue weighted by molar-refractivity contribution is 6.32. The second-order valence-corrected chi connectivity index (χ2v) is 8.68. The van der Waals surface area contributed by atoms with Crippen LogP contribution in [0.4, 0.5) is 10.1 Å². The Bertz CT molecular complexity index is 1450. The number of halogens is 3.